The molecule has 1 aliphatic carbocycles. The Bertz CT molecular complexity index is 378. The van der Waals surface area contributed by atoms with E-state index in [1.54, 1.807) is 0 Å². The molecule has 0 spiro atoms. The molecule has 5 nitrogen and oxygen atoms in total. The number of hydrogen-bond acceptors (Lipinski definition) is 4. The van der Waals surface area contributed by atoms with E-state index in [1.807, 2.05) is 0 Å². The van der Waals surface area contributed by atoms with Crippen LogP contribution in [0.3, 0.4) is 0 Å². The third-order valence-electron chi connectivity index (χ3n) is 2.68. The molecule has 1 fully saturated rings. The maximum atomic E-state index is 12.4. The van der Waals surface area contributed by atoms with Gasteiger partial charge >= 0.3 is 5.70 Å². The van der Waals surface area contributed by atoms with Gasteiger partial charge in [-0.1, -0.05) is 13.0 Å². The van der Waals surface area contributed by atoms with Crippen molar-refractivity contribution in [2.45, 2.75) is 37.9 Å². The van der Waals surface area contributed by atoms with Crippen LogP contribution in [0, 0.1) is 10.1 Å². The molecule has 1 saturated carbocycles. The number of allylic oxidation sites excluding steroid dienone is 3. The van der Waals surface area contributed by atoms with Crippen molar-refractivity contribution in [1.82, 2.24) is 0 Å². The lowest BCUT2D eigenvalue weighted by molar-refractivity contribution is -0.421. The van der Waals surface area contributed by atoms with Crippen molar-refractivity contribution < 1.29 is 19.2 Å². The van der Waals surface area contributed by atoms with Crippen LogP contribution in [0.4, 0.5) is 4.39 Å². The molecular weight excluding hydrogens is 241 g/mol. The van der Waals surface area contributed by atoms with E-state index < -0.39 is 23.0 Å². The zero-order valence-corrected chi connectivity index (χ0v) is 9.92. The molecule has 1 aliphatic rings. The second kappa shape index (κ2) is 6.90. The van der Waals surface area contributed by atoms with Crippen LogP contribution in [-0.4, -0.2) is 22.2 Å². The number of ether oxygens (including phenoxy) is 1. The summed E-state index contributed by atoms with van der Waals surface area (Å²) in [6.45, 7) is 2.96. The van der Waals surface area contributed by atoms with Crippen molar-refractivity contribution in [3.8, 4) is 0 Å². The molecule has 0 aliphatic heterocycles. The average molecular weight is 257 g/mol. The van der Waals surface area contributed by atoms with Crippen molar-refractivity contribution in [1.29, 1.82) is 0 Å². The molecule has 2 atom stereocenters. The van der Waals surface area contributed by atoms with Gasteiger partial charge in [0.2, 0.25) is 0 Å². The summed E-state index contributed by atoms with van der Waals surface area (Å²) in [5.41, 5.74) is -0.383. The third-order valence-corrected chi connectivity index (χ3v) is 2.68. The number of rotatable bonds is 5. The third kappa shape index (κ3) is 4.67. The van der Waals surface area contributed by atoms with Crippen LogP contribution < -0.4 is 0 Å². The fourth-order valence-corrected chi connectivity index (χ4v) is 1.71. The van der Waals surface area contributed by atoms with Crippen molar-refractivity contribution in [2.75, 3.05) is 0 Å². The zero-order valence-electron chi connectivity index (χ0n) is 9.92. The van der Waals surface area contributed by atoms with Crippen molar-refractivity contribution in [3.05, 3.63) is 46.6 Å². The molecule has 0 aromatic carbocycles. The van der Waals surface area contributed by atoms with E-state index in [4.69, 9.17) is 4.74 Å². The minimum absolute atomic E-state index is 0.383. The van der Waals surface area contributed by atoms with Gasteiger partial charge in [0.1, 0.15) is 11.9 Å². The second-order valence-corrected chi connectivity index (χ2v) is 4.11. The highest BCUT2D eigenvalue weighted by atomic mass is 19.1. The second-order valence-electron chi connectivity index (χ2n) is 4.11. The highest BCUT2D eigenvalue weighted by Gasteiger charge is 2.24. The molecule has 0 bridgehead atoms. The fourth-order valence-electron chi connectivity index (χ4n) is 1.71. The van der Waals surface area contributed by atoms with Crippen molar-refractivity contribution in [3.63, 3.8) is 0 Å². The van der Waals surface area contributed by atoms with E-state index in [0.717, 1.165) is 31.3 Å². The summed E-state index contributed by atoms with van der Waals surface area (Å²) < 4.78 is 17.6. The highest BCUT2D eigenvalue weighted by molar-refractivity contribution is 5.17. The summed E-state index contributed by atoms with van der Waals surface area (Å²) in [6, 6.07) is 0. The topological polar surface area (TPSA) is 72.6 Å². The quantitative estimate of drug-likeness (QED) is 0.355. The Morgan fingerprint density at radius 1 is 1.44 bits per heavy atom. The summed E-state index contributed by atoms with van der Waals surface area (Å²) in [7, 11) is 0. The number of nitro groups is 1. The molecular formula is C12H16FNO4. The molecule has 0 aromatic rings. The lowest BCUT2D eigenvalue weighted by Crippen LogP contribution is -2.31. The van der Waals surface area contributed by atoms with E-state index in [-0.39, 0.29) is 5.70 Å². The lowest BCUT2D eigenvalue weighted by Gasteiger charge is -2.26. The summed E-state index contributed by atoms with van der Waals surface area (Å²) >= 11 is 0. The van der Waals surface area contributed by atoms with Crippen LogP contribution in [0.25, 0.3) is 0 Å². The lowest BCUT2D eigenvalue weighted by atomic mass is 9.95. The molecule has 18 heavy (non-hydrogen) atoms. The first-order chi connectivity index (χ1) is 8.50. The monoisotopic (exact) mass is 257 g/mol. The molecule has 0 aromatic heterocycles. The van der Waals surface area contributed by atoms with Crippen LogP contribution in [0.2, 0.25) is 0 Å². The Labute approximate surface area is 104 Å². The molecule has 0 heterocycles. The average Bonchev–Trinajstić information content (AvgIpc) is 2.30. The Kier molecular flexibility index (Phi) is 5.51. The minimum atomic E-state index is -0.777. The first-order valence-electron chi connectivity index (χ1n) is 5.71. The summed E-state index contributed by atoms with van der Waals surface area (Å²) in [6.07, 6.45) is 4.88. The first-order valence-corrected chi connectivity index (χ1v) is 5.71. The smallest absolute Gasteiger partial charge is 0.303 e. The standard InChI is InChI=1S/C12H16FNO4/c1-9(13)6-7-10(14(16)17)8-18-12-5-3-2-4-11(12)15/h6-8,11-12,15H,1-5H2/b7-6-,10-8-/t11?,12-/m1/s1. The van der Waals surface area contributed by atoms with Gasteiger partial charge in [0, 0.05) is 6.08 Å². The van der Waals surface area contributed by atoms with E-state index in [2.05, 4.69) is 6.58 Å². The van der Waals surface area contributed by atoms with Gasteiger partial charge < -0.3 is 9.84 Å². The zero-order chi connectivity index (χ0) is 13.5. The van der Waals surface area contributed by atoms with Gasteiger partial charge in [0.15, 0.2) is 6.26 Å². The Morgan fingerprint density at radius 3 is 2.67 bits per heavy atom. The molecule has 100 valence electrons. The van der Waals surface area contributed by atoms with Crippen LogP contribution in [0.15, 0.2) is 36.5 Å². The van der Waals surface area contributed by atoms with Gasteiger partial charge in [0.05, 0.1) is 11.0 Å². The molecule has 0 amide bonds. The van der Waals surface area contributed by atoms with Gasteiger partial charge in [-0.25, -0.2) is 4.39 Å². The number of halogens is 1. The largest absolute Gasteiger partial charge is 0.488 e. The van der Waals surface area contributed by atoms with Crippen molar-refractivity contribution >= 4 is 0 Å². The van der Waals surface area contributed by atoms with Crippen LogP contribution in [0.1, 0.15) is 25.7 Å². The molecule has 1 N–H and O–H groups in total. The van der Waals surface area contributed by atoms with E-state index in [1.165, 1.54) is 0 Å². The summed E-state index contributed by atoms with van der Waals surface area (Å²) in [5, 5.41) is 20.3. The Hall–Kier alpha value is -1.69. The first kappa shape index (κ1) is 14.4. The predicted octanol–water partition coefficient (Wildman–Crippen LogP) is 2.46. The Balaban J connectivity index is 2.65. The van der Waals surface area contributed by atoms with Gasteiger partial charge in [-0.3, -0.25) is 10.1 Å². The molecule has 1 unspecified atom stereocenters. The SMILES string of the molecule is C=C(F)/C=C\C(=C\O[C@@H]1CCCCC1O)[N+](=O)[O-]. The van der Waals surface area contributed by atoms with Gasteiger partial charge in [-0.05, 0) is 25.3 Å². The molecule has 0 radical (unpaired) electrons. The van der Waals surface area contributed by atoms with E-state index in [0.29, 0.717) is 12.8 Å². The maximum absolute atomic E-state index is 12.4. The normalized spacial score (nSPS) is 25.1. The van der Waals surface area contributed by atoms with E-state index >= 15 is 0 Å². The number of nitrogens with zero attached hydrogens (tertiary/aromatic N) is 1. The highest BCUT2D eigenvalue weighted by Crippen LogP contribution is 2.21. The minimum Gasteiger partial charge on any atom is -0.488 e. The van der Waals surface area contributed by atoms with Crippen LogP contribution in [-0.2, 0) is 4.74 Å². The molecule has 0 saturated heterocycles. The molecule has 1 rings (SSSR count). The van der Waals surface area contributed by atoms with E-state index in [9.17, 15) is 19.6 Å². The van der Waals surface area contributed by atoms with Crippen LogP contribution in [0.5, 0.6) is 0 Å². The van der Waals surface area contributed by atoms with Gasteiger partial charge in [0.25, 0.3) is 0 Å². The number of aliphatic hydroxyl groups excluding tert-OH is 1. The van der Waals surface area contributed by atoms with Crippen LogP contribution >= 0.6 is 0 Å². The summed E-state index contributed by atoms with van der Waals surface area (Å²) in [5.74, 6) is -0.777. The van der Waals surface area contributed by atoms with Crippen molar-refractivity contribution in [2.24, 2.45) is 0 Å². The van der Waals surface area contributed by atoms with Gasteiger partial charge in [-0.2, -0.15) is 0 Å². The number of hydrogen-bond donors (Lipinski definition) is 1. The van der Waals surface area contributed by atoms with Gasteiger partial charge in [-0.15, -0.1) is 0 Å². The number of aliphatic hydroxyl groups is 1. The predicted molar refractivity (Wildman–Crippen MR) is 63.8 cm³/mol. The molecule has 6 heteroatoms. The Morgan fingerprint density at radius 2 is 2.11 bits per heavy atom. The fraction of sp³-hybridized carbons (Fsp3) is 0.500. The maximum Gasteiger partial charge on any atom is 0.303 e. The summed E-state index contributed by atoms with van der Waals surface area (Å²) in [4.78, 5) is 9.97.